The highest BCUT2D eigenvalue weighted by molar-refractivity contribution is 6.35. The van der Waals surface area contributed by atoms with E-state index >= 15 is 0 Å². The number of aromatic nitrogens is 1. The molecule has 0 saturated carbocycles. The van der Waals surface area contributed by atoms with Gasteiger partial charge in [-0.1, -0.05) is 35.9 Å². The molecule has 0 saturated heterocycles. The lowest BCUT2D eigenvalue weighted by atomic mass is 10.0. The Bertz CT molecular complexity index is 1050. The Morgan fingerprint density at radius 3 is 2.96 bits per heavy atom. The number of carbonyl (C=O) groups excluding carboxylic acids is 2. The zero-order chi connectivity index (χ0) is 18.8. The van der Waals surface area contributed by atoms with Gasteiger partial charge in [0, 0.05) is 17.5 Å². The topological polar surface area (TPSA) is 71.1 Å². The van der Waals surface area contributed by atoms with Crippen molar-refractivity contribution in [2.24, 2.45) is 0 Å². The number of amides is 2. The molecule has 0 atom stereocenters. The van der Waals surface area contributed by atoms with Crippen LogP contribution in [0.25, 0.3) is 10.9 Å². The zero-order valence-electron chi connectivity index (χ0n) is 14.6. The maximum atomic E-state index is 12.2. The lowest BCUT2D eigenvalue weighted by molar-refractivity contribution is -0.116. The van der Waals surface area contributed by atoms with E-state index in [-0.39, 0.29) is 11.8 Å². The van der Waals surface area contributed by atoms with Gasteiger partial charge in [0.05, 0.1) is 17.0 Å². The smallest absolute Gasteiger partial charge is 0.228 e. The summed E-state index contributed by atoms with van der Waals surface area (Å²) in [5, 5.41) is 7.15. The molecule has 1 aliphatic heterocycles. The van der Waals surface area contributed by atoms with Crippen molar-refractivity contribution in [1.82, 2.24) is 4.98 Å². The second-order valence-corrected chi connectivity index (χ2v) is 7.03. The average Bonchev–Trinajstić information content (AvgIpc) is 3.02. The van der Waals surface area contributed by atoms with Crippen LogP contribution in [-0.2, 0) is 22.4 Å². The number of nitrogens with zero attached hydrogens (tertiary/aromatic N) is 1. The summed E-state index contributed by atoms with van der Waals surface area (Å²) < 4.78 is 0. The summed E-state index contributed by atoms with van der Waals surface area (Å²) >= 11 is 6.17. The third-order valence-electron chi connectivity index (χ3n) is 4.60. The van der Waals surface area contributed by atoms with Gasteiger partial charge in [0.2, 0.25) is 11.8 Å². The van der Waals surface area contributed by atoms with Gasteiger partial charge in [-0.3, -0.25) is 9.59 Å². The van der Waals surface area contributed by atoms with Crippen molar-refractivity contribution < 1.29 is 9.59 Å². The molecule has 0 unspecified atom stereocenters. The Balaban J connectivity index is 1.33. The third kappa shape index (κ3) is 3.93. The van der Waals surface area contributed by atoms with E-state index in [0.717, 1.165) is 35.0 Å². The number of halogens is 1. The average molecular weight is 380 g/mol. The van der Waals surface area contributed by atoms with E-state index in [1.54, 1.807) is 12.1 Å². The number of nitrogens with one attached hydrogen (secondary N) is 2. The predicted octanol–water partition coefficient (Wildman–Crippen LogP) is 4.34. The molecule has 136 valence electrons. The number of hydrogen-bond donors (Lipinski definition) is 2. The monoisotopic (exact) mass is 379 g/mol. The Kier molecular flexibility index (Phi) is 4.77. The summed E-state index contributed by atoms with van der Waals surface area (Å²) in [6.07, 6.45) is 2.34. The van der Waals surface area contributed by atoms with Crippen molar-refractivity contribution >= 4 is 45.8 Å². The van der Waals surface area contributed by atoms with E-state index in [2.05, 4.69) is 15.6 Å². The van der Waals surface area contributed by atoms with Crippen molar-refractivity contribution in [3.05, 3.63) is 64.7 Å². The highest BCUT2D eigenvalue weighted by Gasteiger charge is 2.17. The molecule has 1 aliphatic rings. The van der Waals surface area contributed by atoms with Gasteiger partial charge in [0.15, 0.2) is 0 Å². The molecule has 4 rings (SSSR count). The molecular formula is C21H18ClN3O2. The van der Waals surface area contributed by atoms with Crippen LogP contribution in [0.1, 0.15) is 24.0 Å². The van der Waals surface area contributed by atoms with E-state index in [9.17, 15) is 9.59 Å². The van der Waals surface area contributed by atoms with Crippen molar-refractivity contribution in [3.63, 3.8) is 0 Å². The van der Waals surface area contributed by atoms with Crippen molar-refractivity contribution in [2.75, 3.05) is 10.6 Å². The Hall–Kier alpha value is -2.92. The molecule has 0 aliphatic carbocycles. The highest BCUT2D eigenvalue weighted by Crippen LogP contribution is 2.25. The molecule has 27 heavy (non-hydrogen) atoms. The summed E-state index contributed by atoms with van der Waals surface area (Å²) in [7, 11) is 0. The molecule has 2 aromatic carbocycles. The molecule has 0 bridgehead atoms. The number of aryl methyl sites for hydroxylation is 1. The van der Waals surface area contributed by atoms with Crippen LogP contribution in [-0.4, -0.2) is 16.8 Å². The molecular weight excluding hydrogens is 362 g/mol. The van der Waals surface area contributed by atoms with Gasteiger partial charge in [0.1, 0.15) is 5.82 Å². The van der Waals surface area contributed by atoms with Crippen LogP contribution in [0, 0.1) is 0 Å². The minimum Gasteiger partial charge on any atom is -0.326 e. The normalized spacial score (nSPS) is 12.7. The van der Waals surface area contributed by atoms with Crippen molar-refractivity contribution in [3.8, 4) is 0 Å². The maximum absolute atomic E-state index is 12.2. The van der Waals surface area contributed by atoms with Crippen LogP contribution >= 0.6 is 11.6 Å². The van der Waals surface area contributed by atoms with Gasteiger partial charge < -0.3 is 10.6 Å². The molecule has 1 aromatic heterocycles. The second kappa shape index (κ2) is 7.37. The Morgan fingerprint density at radius 1 is 1.19 bits per heavy atom. The van der Waals surface area contributed by atoms with E-state index in [4.69, 9.17) is 11.6 Å². The molecule has 5 nitrogen and oxygen atoms in total. The van der Waals surface area contributed by atoms with E-state index in [1.165, 1.54) is 0 Å². The van der Waals surface area contributed by atoms with Gasteiger partial charge in [-0.15, -0.1) is 0 Å². The Labute approximate surface area is 161 Å². The molecule has 2 amide bonds. The number of benzene rings is 2. The summed E-state index contributed by atoms with van der Waals surface area (Å²) in [4.78, 5) is 28.1. The van der Waals surface area contributed by atoms with Crippen LogP contribution in [0.15, 0.2) is 48.5 Å². The SMILES string of the molecule is O=C(CCCc1ccc2c(c1)CC(=O)N2)Nc1ccc2cccc(Cl)c2n1. The Morgan fingerprint density at radius 2 is 2.07 bits per heavy atom. The number of carbonyl (C=O) groups is 2. The summed E-state index contributed by atoms with van der Waals surface area (Å²) in [6, 6.07) is 15.2. The summed E-state index contributed by atoms with van der Waals surface area (Å²) in [5.74, 6) is 0.458. The van der Waals surface area contributed by atoms with Crippen LogP contribution < -0.4 is 10.6 Å². The largest absolute Gasteiger partial charge is 0.326 e. The first kappa shape index (κ1) is 17.5. The molecule has 0 spiro atoms. The van der Waals surface area contributed by atoms with Gasteiger partial charge in [-0.25, -0.2) is 4.98 Å². The van der Waals surface area contributed by atoms with E-state index in [0.29, 0.717) is 29.2 Å². The molecule has 3 aromatic rings. The number of anilines is 2. The van der Waals surface area contributed by atoms with Crippen LogP contribution in [0.3, 0.4) is 0 Å². The number of fused-ring (bicyclic) bond motifs is 2. The second-order valence-electron chi connectivity index (χ2n) is 6.63. The maximum Gasteiger partial charge on any atom is 0.228 e. The molecule has 6 heteroatoms. The number of rotatable bonds is 5. The third-order valence-corrected chi connectivity index (χ3v) is 4.91. The van der Waals surface area contributed by atoms with Gasteiger partial charge in [-0.2, -0.15) is 0 Å². The summed E-state index contributed by atoms with van der Waals surface area (Å²) in [6.45, 7) is 0. The van der Waals surface area contributed by atoms with Crippen molar-refractivity contribution in [1.29, 1.82) is 0 Å². The first-order valence-electron chi connectivity index (χ1n) is 8.85. The lowest BCUT2D eigenvalue weighted by Crippen LogP contribution is -2.12. The fourth-order valence-electron chi connectivity index (χ4n) is 3.28. The van der Waals surface area contributed by atoms with Crippen LogP contribution in [0.5, 0.6) is 0 Å². The first-order valence-corrected chi connectivity index (χ1v) is 9.23. The zero-order valence-corrected chi connectivity index (χ0v) is 15.3. The van der Waals surface area contributed by atoms with Crippen LogP contribution in [0.2, 0.25) is 5.02 Å². The van der Waals surface area contributed by atoms with E-state index in [1.807, 2.05) is 36.4 Å². The molecule has 0 radical (unpaired) electrons. The predicted molar refractivity (Wildman–Crippen MR) is 107 cm³/mol. The number of pyridine rings is 1. The molecule has 0 fully saturated rings. The van der Waals surface area contributed by atoms with Crippen LogP contribution in [0.4, 0.5) is 11.5 Å². The molecule has 2 heterocycles. The quantitative estimate of drug-likeness (QED) is 0.692. The number of para-hydroxylation sites is 1. The minimum atomic E-state index is -0.0769. The van der Waals surface area contributed by atoms with Gasteiger partial charge >= 0.3 is 0 Å². The number of hydrogen-bond acceptors (Lipinski definition) is 3. The minimum absolute atomic E-state index is 0.0320. The molecule has 2 N–H and O–H groups in total. The highest BCUT2D eigenvalue weighted by atomic mass is 35.5. The fraction of sp³-hybridized carbons (Fsp3) is 0.190. The van der Waals surface area contributed by atoms with Gasteiger partial charge in [0.25, 0.3) is 0 Å². The van der Waals surface area contributed by atoms with Crippen molar-refractivity contribution in [2.45, 2.75) is 25.7 Å². The summed E-state index contributed by atoms with van der Waals surface area (Å²) in [5.41, 5.74) is 3.73. The van der Waals surface area contributed by atoms with Gasteiger partial charge in [-0.05, 0) is 48.2 Å². The first-order chi connectivity index (χ1) is 13.1. The lowest BCUT2D eigenvalue weighted by Gasteiger charge is -2.07. The standard InChI is InChI=1S/C21H18ClN3O2/c22-16-5-2-4-14-8-10-18(25-21(14)16)24-19(26)6-1-3-13-7-9-17-15(11-13)12-20(27)23-17/h2,4-5,7-11H,1,3,6,12H2,(H,23,27)(H,24,25,26). The van der Waals surface area contributed by atoms with E-state index < -0.39 is 0 Å². The fourth-order valence-corrected chi connectivity index (χ4v) is 3.50.